The summed E-state index contributed by atoms with van der Waals surface area (Å²) in [5.41, 5.74) is 2.40. The summed E-state index contributed by atoms with van der Waals surface area (Å²) in [7, 11) is 1.34. The van der Waals surface area contributed by atoms with E-state index < -0.39 is 5.97 Å². The summed E-state index contributed by atoms with van der Waals surface area (Å²) in [4.78, 5) is 25.0. The highest BCUT2D eigenvalue weighted by atomic mass is 35.5. The molecule has 0 heterocycles. The van der Waals surface area contributed by atoms with Gasteiger partial charge in [0.15, 0.2) is 0 Å². The number of carbonyl (C=O) groups is 2. The van der Waals surface area contributed by atoms with Gasteiger partial charge in [-0.25, -0.2) is 4.79 Å². The molecule has 1 aliphatic rings. The van der Waals surface area contributed by atoms with Crippen molar-refractivity contribution in [1.29, 1.82) is 0 Å². The van der Waals surface area contributed by atoms with Crippen LogP contribution in [-0.4, -0.2) is 25.1 Å². The predicted octanol–water partition coefficient (Wildman–Crippen LogP) is 5.08. The van der Waals surface area contributed by atoms with E-state index in [2.05, 4.69) is 5.32 Å². The number of halogens is 1. The van der Waals surface area contributed by atoms with E-state index in [0.29, 0.717) is 28.3 Å². The molecule has 1 fully saturated rings. The Morgan fingerprint density at radius 1 is 1.14 bits per heavy atom. The fourth-order valence-corrected chi connectivity index (χ4v) is 3.84. The first-order valence-electron chi connectivity index (χ1n) is 9.87. The van der Waals surface area contributed by atoms with Crippen LogP contribution in [0, 0.1) is 0 Å². The van der Waals surface area contributed by atoms with Crippen molar-refractivity contribution in [1.82, 2.24) is 5.32 Å². The number of benzene rings is 2. The molecule has 0 aliphatic heterocycles. The van der Waals surface area contributed by atoms with Crippen LogP contribution in [0.2, 0.25) is 5.02 Å². The molecule has 1 amide bonds. The highest BCUT2D eigenvalue weighted by Gasteiger charge is 2.21. The lowest BCUT2D eigenvalue weighted by molar-refractivity contribution is 0.0450. The standard InChI is InChI=1S/C23H26ClNO4/c1-15(19-9-5-6-10-20(19)23(27)28-2)25-22(26)21-13-17(24)12-11-16(21)14-29-18-7-3-4-8-18/h5-6,9-13,15,18H,3-4,7-8,14H2,1-2H3,(H,25,26)/t15-/m0/s1. The van der Waals surface area contributed by atoms with Gasteiger partial charge in [-0.3, -0.25) is 4.79 Å². The zero-order valence-electron chi connectivity index (χ0n) is 16.7. The fourth-order valence-electron chi connectivity index (χ4n) is 3.67. The molecule has 1 N–H and O–H groups in total. The molecule has 2 aromatic rings. The highest BCUT2D eigenvalue weighted by molar-refractivity contribution is 6.31. The molecule has 1 atom stereocenters. The summed E-state index contributed by atoms with van der Waals surface area (Å²) in [5.74, 6) is -0.695. The van der Waals surface area contributed by atoms with Crippen molar-refractivity contribution in [3.8, 4) is 0 Å². The first-order chi connectivity index (χ1) is 14.0. The van der Waals surface area contributed by atoms with Gasteiger partial charge >= 0.3 is 5.97 Å². The Morgan fingerprint density at radius 2 is 1.86 bits per heavy atom. The molecule has 6 heteroatoms. The van der Waals surface area contributed by atoms with Gasteiger partial charge in [-0.05, 0) is 49.1 Å². The minimum absolute atomic E-state index is 0.257. The first kappa shape index (κ1) is 21.3. The fraction of sp³-hybridized carbons (Fsp3) is 0.391. The molecular weight excluding hydrogens is 390 g/mol. The lowest BCUT2D eigenvalue weighted by Crippen LogP contribution is -2.29. The van der Waals surface area contributed by atoms with Crippen molar-refractivity contribution in [3.05, 3.63) is 69.7 Å². The number of amides is 1. The Bertz CT molecular complexity index is 877. The second-order valence-electron chi connectivity index (χ2n) is 7.29. The van der Waals surface area contributed by atoms with Crippen LogP contribution in [-0.2, 0) is 16.1 Å². The van der Waals surface area contributed by atoms with Crippen LogP contribution in [0.25, 0.3) is 0 Å². The first-order valence-corrected chi connectivity index (χ1v) is 10.3. The Balaban J connectivity index is 1.76. The zero-order chi connectivity index (χ0) is 20.8. The maximum atomic E-state index is 13.0. The van der Waals surface area contributed by atoms with Gasteiger partial charge in [0.25, 0.3) is 5.91 Å². The number of esters is 1. The van der Waals surface area contributed by atoms with Gasteiger partial charge in [-0.2, -0.15) is 0 Å². The summed E-state index contributed by atoms with van der Waals surface area (Å²) in [6.07, 6.45) is 4.77. The second kappa shape index (κ2) is 9.90. The third kappa shape index (κ3) is 5.37. The van der Waals surface area contributed by atoms with E-state index in [1.54, 1.807) is 30.3 Å². The monoisotopic (exact) mass is 415 g/mol. The van der Waals surface area contributed by atoms with Crippen LogP contribution in [0.15, 0.2) is 42.5 Å². The normalized spacial score (nSPS) is 15.1. The number of rotatable bonds is 7. The van der Waals surface area contributed by atoms with Crippen LogP contribution >= 0.6 is 11.6 Å². The van der Waals surface area contributed by atoms with Gasteiger partial charge in [0.2, 0.25) is 0 Å². The summed E-state index contributed by atoms with van der Waals surface area (Å²) in [6.45, 7) is 2.20. The molecule has 3 rings (SSSR count). The lowest BCUT2D eigenvalue weighted by atomic mass is 10.0. The molecule has 0 bridgehead atoms. The van der Waals surface area contributed by atoms with Crippen LogP contribution < -0.4 is 5.32 Å². The van der Waals surface area contributed by atoms with E-state index in [-0.39, 0.29) is 18.1 Å². The minimum atomic E-state index is -0.435. The van der Waals surface area contributed by atoms with Crippen LogP contribution in [0.3, 0.4) is 0 Å². The Morgan fingerprint density at radius 3 is 2.59 bits per heavy atom. The molecule has 0 spiro atoms. The molecule has 5 nitrogen and oxygen atoms in total. The van der Waals surface area contributed by atoms with Gasteiger partial charge in [-0.15, -0.1) is 0 Å². The molecule has 29 heavy (non-hydrogen) atoms. The van der Waals surface area contributed by atoms with Gasteiger partial charge in [0.1, 0.15) is 0 Å². The number of hydrogen-bond donors (Lipinski definition) is 1. The maximum absolute atomic E-state index is 13.0. The second-order valence-corrected chi connectivity index (χ2v) is 7.73. The third-order valence-electron chi connectivity index (χ3n) is 5.27. The Labute approximate surface area is 176 Å². The third-order valence-corrected chi connectivity index (χ3v) is 5.51. The lowest BCUT2D eigenvalue weighted by Gasteiger charge is -2.19. The smallest absolute Gasteiger partial charge is 0.338 e. The van der Waals surface area contributed by atoms with E-state index >= 15 is 0 Å². The van der Waals surface area contributed by atoms with Gasteiger partial charge in [0.05, 0.1) is 31.4 Å². The average Bonchev–Trinajstić information content (AvgIpc) is 3.25. The summed E-state index contributed by atoms with van der Waals surface area (Å²) in [5, 5.41) is 3.45. The number of nitrogens with one attached hydrogen (secondary N) is 1. The van der Waals surface area contributed by atoms with Crippen LogP contribution in [0.5, 0.6) is 0 Å². The van der Waals surface area contributed by atoms with E-state index in [1.165, 1.54) is 20.0 Å². The molecule has 0 radical (unpaired) electrons. The van der Waals surface area contributed by atoms with Crippen molar-refractivity contribution in [3.63, 3.8) is 0 Å². The van der Waals surface area contributed by atoms with E-state index in [4.69, 9.17) is 21.1 Å². The summed E-state index contributed by atoms with van der Waals surface area (Å²) in [6, 6.07) is 11.9. The number of carbonyl (C=O) groups excluding carboxylic acids is 2. The molecule has 0 aromatic heterocycles. The van der Waals surface area contributed by atoms with Crippen molar-refractivity contribution in [2.24, 2.45) is 0 Å². The van der Waals surface area contributed by atoms with E-state index in [0.717, 1.165) is 18.4 Å². The van der Waals surface area contributed by atoms with Crippen molar-refractivity contribution < 1.29 is 19.1 Å². The Hall–Kier alpha value is -2.37. The van der Waals surface area contributed by atoms with Crippen LogP contribution in [0.4, 0.5) is 0 Å². The van der Waals surface area contributed by atoms with Crippen molar-refractivity contribution >= 4 is 23.5 Å². The zero-order valence-corrected chi connectivity index (χ0v) is 17.5. The number of methoxy groups -OCH3 is 1. The maximum Gasteiger partial charge on any atom is 0.338 e. The molecule has 0 saturated heterocycles. The number of ether oxygens (including phenoxy) is 2. The van der Waals surface area contributed by atoms with E-state index in [1.807, 2.05) is 19.1 Å². The van der Waals surface area contributed by atoms with Gasteiger partial charge in [-0.1, -0.05) is 48.7 Å². The minimum Gasteiger partial charge on any atom is -0.465 e. The topological polar surface area (TPSA) is 64.6 Å². The molecule has 2 aromatic carbocycles. The Kier molecular flexibility index (Phi) is 7.29. The number of hydrogen-bond acceptors (Lipinski definition) is 4. The highest BCUT2D eigenvalue weighted by Crippen LogP contribution is 2.25. The quantitative estimate of drug-likeness (QED) is 0.640. The molecular formula is C23H26ClNO4. The van der Waals surface area contributed by atoms with Gasteiger partial charge < -0.3 is 14.8 Å². The predicted molar refractivity (Wildman–Crippen MR) is 112 cm³/mol. The van der Waals surface area contributed by atoms with Crippen molar-refractivity contribution in [2.45, 2.75) is 51.4 Å². The van der Waals surface area contributed by atoms with E-state index in [9.17, 15) is 9.59 Å². The summed E-state index contributed by atoms with van der Waals surface area (Å²) < 4.78 is 10.8. The largest absolute Gasteiger partial charge is 0.465 e. The molecule has 0 unspecified atom stereocenters. The van der Waals surface area contributed by atoms with Gasteiger partial charge in [0, 0.05) is 10.6 Å². The van der Waals surface area contributed by atoms with Crippen molar-refractivity contribution in [2.75, 3.05) is 7.11 Å². The molecule has 1 aliphatic carbocycles. The average molecular weight is 416 g/mol. The molecule has 1 saturated carbocycles. The SMILES string of the molecule is COC(=O)c1ccccc1[C@H](C)NC(=O)c1cc(Cl)ccc1COC1CCCC1. The summed E-state index contributed by atoms with van der Waals surface area (Å²) >= 11 is 6.15. The molecule has 154 valence electrons. The van der Waals surface area contributed by atoms with Crippen LogP contribution in [0.1, 0.15) is 70.5 Å².